The summed E-state index contributed by atoms with van der Waals surface area (Å²) >= 11 is 0. The molecule has 0 aliphatic carbocycles. The van der Waals surface area contributed by atoms with Crippen molar-refractivity contribution in [1.82, 2.24) is 9.78 Å². The molecule has 0 atom stereocenters. The molecule has 5 heteroatoms. The molecule has 29 heavy (non-hydrogen) atoms. The number of nitrogens with zero attached hydrogens (tertiary/aromatic N) is 2. The SMILES string of the molecule is Cn1nc(CCCO[Si](c2ccccc2)(c2ccccc2)C(C)(C)C)ccc1=O. The molecule has 0 bridgehead atoms. The second-order valence-electron chi connectivity index (χ2n) is 8.40. The lowest BCUT2D eigenvalue weighted by molar-refractivity contribution is 0.291. The first kappa shape index (κ1) is 21.2. The van der Waals surface area contributed by atoms with Gasteiger partial charge in [-0.1, -0.05) is 81.4 Å². The van der Waals surface area contributed by atoms with Crippen LogP contribution in [-0.4, -0.2) is 24.7 Å². The van der Waals surface area contributed by atoms with Gasteiger partial charge in [0.2, 0.25) is 0 Å². The number of hydrogen-bond donors (Lipinski definition) is 0. The second kappa shape index (κ2) is 8.89. The van der Waals surface area contributed by atoms with Crippen LogP contribution in [-0.2, 0) is 17.9 Å². The molecule has 0 saturated heterocycles. The molecule has 1 aromatic heterocycles. The van der Waals surface area contributed by atoms with Crippen molar-refractivity contribution in [3.05, 3.63) is 88.8 Å². The van der Waals surface area contributed by atoms with Crippen LogP contribution in [0.25, 0.3) is 0 Å². The van der Waals surface area contributed by atoms with Crippen LogP contribution in [0.15, 0.2) is 77.6 Å². The highest BCUT2D eigenvalue weighted by Gasteiger charge is 2.49. The van der Waals surface area contributed by atoms with Gasteiger partial charge in [0.05, 0.1) is 5.69 Å². The molecule has 0 spiro atoms. The lowest BCUT2D eigenvalue weighted by Gasteiger charge is -2.43. The van der Waals surface area contributed by atoms with Crippen molar-refractivity contribution in [3.8, 4) is 0 Å². The average Bonchev–Trinajstić information content (AvgIpc) is 2.71. The summed E-state index contributed by atoms with van der Waals surface area (Å²) < 4.78 is 8.27. The van der Waals surface area contributed by atoms with Gasteiger partial charge in [-0.2, -0.15) is 5.10 Å². The Morgan fingerprint density at radius 3 is 1.93 bits per heavy atom. The second-order valence-corrected chi connectivity index (χ2v) is 12.7. The quantitative estimate of drug-likeness (QED) is 0.447. The molecule has 152 valence electrons. The Morgan fingerprint density at radius 2 is 1.45 bits per heavy atom. The number of aryl methyl sites for hydroxylation is 2. The van der Waals surface area contributed by atoms with Crippen LogP contribution in [0.3, 0.4) is 0 Å². The Morgan fingerprint density at radius 1 is 0.897 bits per heavy atom. The van der Waals surface area contributed by atoms with Gasteiger partial charge in [0.25, 0.3) is 13.9 Å². The van der Waals surface area contributed by atoms with E-state index < -0.39 is 8.32 Å². The molecule has 0 aliphatic heterocycles. The fourth-order valence-corrected chi connectivity index (χ4v) is 8.53. The fourth-order valence-electron chi connectivity index (χ4n) is 3.92. The van der Waals surface area contributed by atoms with E-state index in [4.69, 9.17) is 4.43 Å². The zero-order valence-electron chi connectivity index (χ0n) is 17.8. The van der Waals surface area contributed by atoms with Crippen molar-refractivity contribution in [2.24, 2.45) is 7.05 Å². The number of hydrogen-bond acceptors (Lipinski definition) is 3. The predicted octanol–water partition coefficient (Wildman–Crippen LogP) is 3.29. The molecule has 3 rings (SSSR count). The van der Waals surface area contributed by atoms with Gasteiger partial charge >= 0.3 is 0 Å². The highest BCUT2D eigenvalue weighted by atomic mass is 28.4. The average molecular weight is 407 g/mol. The van der Waals surface area contributed by atoms with Gasteiger partial charge in [-0.3, -0.25) is 4.79 Å². The van der Waals surface area contributed by atoms with Gasteiger partial charge < -0.3 is 4.43 Å². The Balaban J connectivity index is 1.87. The van der Waals surface area contributed by atoms with Crippen molar-refractivity contribution in [1.29, 1.82) is 0 Å². The highest BCUT2D eigenvalue weighted by Crippen LogP contribution is 2.36. The standard InChI is InChI=1S/C24H30N2O2Si/c1-24(2,3)29(21-13-7-5-8-14-21,22-15-9-6-10-16-22)28-19-11-12-20-17-18-23(27)26(4)25-20/h5-10,13-18H,11-12,19H2,1-4H3. The summed E-state index contributed by atoms with van der Waals surface area (Å²) in [7, 11) is -0.798. The minimum absolute atomic E-state index is 0.0232. The van der Waals surface area contributed by atoms with Crippen LogP contribution in [0.5, 0.6) is 0 Å². The van der Waals surface area contributed by atoms with Gasteiger partial charge in [0, 0.05) is 19.7 Å². The molecule has 1 heterocycles. The maximum atomic E-state index is 11.5. The van der Waals surface area contributed by atoms with Crippen molar-refractivity contribution in [3.63, 3.8) is 0 Å². The summed E-state index contributed by atoms with van der Waals surface area (Å²) in [6.45, 7) is 7.51. The first-order valence-electron chi connectivity index (χ1n) is 10.1. The molecular weight excluding hydrogens is 376 g/mol. The molecule has 0 unspecified atom stereocenters. The van der Waals surface area contributed by atoms with Crippen molar-refractivity contribution >= 4 is 18.7 Å². The van der Waals surface area contributed by atoms with Crippen molar-refractivity contribution < 1.29 is 4.43 Å². The minimum atomic E-state index is -2.48. The summed E-state index contributed by atoms with van der Waals surface area (Å²) in [4.78, 5) is 11.5. The van der Waals surface area contributed by atoms with E-state index in [1.165, 1.54) is 15.1 Å². The highest BCUT2D eigenvalue weighted by molar-refractivity contribution is 6.99. The van der Waals surface area contributed by atoms with Crippen LogP contribution in [0, 0.1) is 0 Å². The third-order valence-electron chi connectivity index (χ3n) is 5.33. The van der Waals surface area contributed by atoms with Crippen LogP contribution in [0.1, 0.15) is 32.9 Å². The predicted molar refractivity (Wildman–Crippen MR) is 121 cm³/mol. The largest absolute Gasteiger partial charge is 0.407 e. The normalized spacial score (nSPS) is 12.1. The summed E-state index contributed by atoms with van der Waals surface area (Å²) in [5.74, 6) is 0. The first-order valence-corrected chi connectivity index (χ1v) is 12.0. The maximum Gasteiger partial charge on any atom is 0.266 e. The zero-order valence-corrected chi connectivity index (χ0v) is 18.8. The molecule has 0 aliphatic rings. The van der Waals surface area contributed by atoms with Gasteiger partial charge in [0.15, 0.2) is 0 Å². The van der Waals surface area contributed by atoms with Crippen LogP contribution in [0.4, 0.5) is 0 Å². The van der Waals surface area contributed by atoms with Gasteiger partial charge in [0.1, 0.15) is 0 Å². The third kappa shape index (κ3) is 4.57. The molecule has 0 N–H and O–H groups in total. The number of benzene rings is 2. The summed E-state index contributed by atoms with van der Waals surface area (Å²) in [6.07, 6.45) is 1.64. The first-order chi connectivity index (χ1) is 13.8. The Labute approximate surface area is 174 Å². The third-order valence-corrected chi connectivity index (χ3v) is 10.4. The summed E-state index contributed by atoms with van der Waals surface area (Å²) in [6, 6.07) is 24.7. The van der Waals surface area contributed by atoms with E-state index in [-0.39, 0.29) is 10.6 Å². The van der Waals surface area contributed by atoms with Gasteiger partial charge in [-0.05, 0) is 34.3 Å². The lowest BCUT2D eigenvalue weighted by Crippen LogP contribution is -2.66. The minimum Gasteiger partial charge on any atom is -0.407 e. The Hall–Kier alpha value is -2.50. The Bertz CT molecular complexity index is 940. The monoisotopic (exact) mass is 406 g/mol. The van der Waals surface area contributed by atoms with Gasteiger partial charge in [-0.25, -0.2) is 4.68 Å². The van der Waals surface area contributed by atoms with Crippen LogP contribution < -0.4 is 15.9 Å². The Kier molecular flexibility index (Phi) is 6.50. The van der Waals surface area contributed by atoms with E-state index in [0.29, 0.717) is 6.61 Å². The number of rotatable bonds is 7. The summed E-state index contributed by atoms with van der Waals surface area (Å²) in [5, 5.41) is 6.89. The molecule has 0 amide bonds. The topological polar surface area (TPSA) is 44.1 Å². The van der Waals surface area contributed by atoms with E-state index in [9.17, 15) is 4.79 Å². The van der Waals surface area contributed by atoms with Crippen molar-refractivity contribution in [2.75, 3.05) is 6.61 Å². The van der Waals surface area contributed by atoms with Crippen LogP contribution >= 0.6 is 0 Å². The molecular formula is C24H30N2O2Si. The molecule has 2 aromatic carbocycles. The van der Waals surface area contributed by atoms with E-state index in [1.807, 2.05) is 6.07 Å². The fraction of sp³-hybridized carbons (Fsp3) is 0.333. The van der Waals surface area contributed by atoms with E-state index in [2.05, 4.69) is 86.5 Å². The number of aromatic nitrogens is 2. The molecule has 3 aromatic rings. The van der Waals surface area contributed by atoms with Crippen molar-refractivity contribution in [2.45, 2.75) is 38.7 Å². The maximum absolute atomic E-state index is 11.5. The summed E-state index contributed by atoms with van der Waals surface area (Å²) in [5.41, 5.74) is 0.829. The smallest absolute Gasteiger partial charge is 0.266 e. The van der Waals surface area contributed by atoms with Crippen LogP contribution in [0.2, 0.25) is 5.04 Å². The van der Waals surface area contributed by atoms with E-state index in [0.717, 1.165) is 18.5 Å². The molecule has 4 nitrogen and oxygen atoms in total. The van der Waals surface area contributed by atoms with Gasteiger partial charge in [-0.15, -0.1) is 0 Å². The zero-order chi connectivity index (χ0) is 20.9. The molecule has 0 fully saturated rings. The molecule has 0 radical (unpaired) electrons. The van der Waals surface area contributed by atoms with E-state index >= 15 is 0 Å². The molecule has 0 saturated carbocycles. The van der Waals surface area contributed by atoms with E-state index in [1.54, 1.807) is 13.1 Å². The lowest BCUT2D eigenvalue weighted by atomic mass is 10.2.